The highest BCUT2D eigenvalue weighted by molar-refractivity contribution is 4.68. The first-order valence-corrected chi connectivity index (χ1v) is 7.04. The molecule has 0 heterocycles. The van der Waals surface area contributed by atoms with Crippen LogP contribution in [0.25, 0.3) is 0 Å². The molecule has 0 radical (unpaired) electrons. The van der Waals surface area contributed by atoms with Crippen LogP contribution in [-0.4, -0.2) is 25.3 Å². The zero-order chi connectivity index (χ0) is 11.8. The number of hydrogen-bond acceptors (Lipinski definition) is 2. The van der Waals surface area contributed by atoms with Crippen LogP contribution >= 0.6 is 0 Å². The standard InChI is InChI=1S/C14H29NO/c1-12(2)9-10-15-11-13(3)16-14-7-5-4-6-8-14/h12-15H,4-11H2,1-3H3. The first kappa shape index (κ1) is 14.0. The lowest BCUT2D eigenvalue weighted by Gasteiger charge is -2.26. The summed E-state index contributed by atoms with van der Waals surface area (Å²) in [4.78, 5) is 0. The van der Waals surface area contributed by atoms with Crippen molar-refractivity contribution in [3.8, 4) is 0 Å². The summed E-state index contributed by atoms with van der Waals surface area (Å²) in [5.41, 5.74) is 0. The number of nitrogens with one attached hydrogen (secondary N) is 1. The Hall–Kier alpha value is -0.0800. The molecule has 0 aromatic rings. The van der Waals surface area contributed by atoms with Gasteiger partial charge in [0.05, 0.1) is 12.2 Å². The zero-order valence-corrected chi connectivity index (χ0v) is 11.3. The van der Waals surface area contributed by atoms with E-state index in [9.17, 15) is 0 Å². The second-order valence-electron chi connectivity index (χ2n) is 5.59. The molecule has 0 spiro atoms. The summed E-state index contributed by atoms with van der Waals surface area (Å²) < 4.78 is 6.04. The fraction of sp³-hybridized carbons (Fsp3) is 1.00. The third kappa shape index (κ3) is 6.49. The minimum absolute atomic E-state index is 0.371. The highest BCUT2D eigenvalue weighted by atomic mass is 16.5. The van der Waals surface area contributed by atoms with Crippen molar-refractivity contribution < 1.29 is 4.74 Å². The molecule has 0 aromatic carbocycles. The smallest absolute Gasteiger partial charge is 0.0675 e. The molecule has 1 unspecified atom stereocenters. The molecule has 0 aromatic heterocycles. The second-order valence-corrected chi connectivity index (χ2v) is 5.59. The first-order valence-electron chi connectivity index (χ1n) is 7.04. The summed E-state index contributed by atoms with van der Waals surface area (Å²) in [6.07, 6.45) is 8.84. The molecular formula is C14H29NO. The third-order valence-electron chi connectivity index (χ3n) is 3.31. The first-order chi connectivity index (χ1) is 7.68. The van der Waals surface area contributed by atoms with E-state index >= 15 is 0 Å². The molecule has 0 aliphatic heterocycles. The van der Waals surface area contributed by atoms with E-state index in [1.165, 1.54) is 38.5 Å². The van der Waals surface area contributed by atoms with Gasteiger partial charge in [-0.25, -0.2) is 0 Å². The summed E-state index contributed by atoms with van der Waals surface area (Å²) in [7, 11) is 0. The highest BCUT2D eigenvalue weighted by Crippen LogP contribution is 2.21. The van der Waals surface area contributed by atoms with Crippen molar-refractivity contribution in [1.82, 2.24) is 5.32 Å². The summed E-state index contributed by atoms with van der Waals surface area (Å²) in [5, 5.41) is 3.48. The molecule has 1 rings (SSSR count). The number of rotatable bonds is 7. The molecule has 0 saturated heterocycles. The Balaban J connectivity index is 1.99. The monoisotopic (exact) mass is 227 g/mol. The third-order valence-corrected chi connectivity index (χ3v) is 3.31. The van der Waals surface area contributed by atoms with Crippen LogP contribution in [0.15, 0.2) is 0 Å². The zero-order valence-electron chi connectivity index (χ0n) is 11.3. The Morgan fingerprint density at radius 3 is 2.44 bits per heavy atom. The van der Waals surface area contributed by atoms with Crippen LogP contribution in [0.3, 0.4) is 0 Å². The molecule has 2 nitrogen and oxygen atoms in total. The summed E-state index contributed by atoms with van der Waals surface area (Å²) in [6.45, 7) is 8.85. The van der Waals surface area contributed by atoms with E-state index in [4.69, 9.17) is 4.74 Å². The SMILES string of the molecule is CC(C)CCNCC(C)OC1CCCCC1. The maximum Gasteiger partial charge on any atom is 0.0675 e. The molecular weight excluding hydrogens is 198 g/mol. The quantitative estimate of drug-likeness (QED) is 0.673. The fourth-order valence-corrected chi connectivity index (χ4v) is 2.27. The largest absolute Gasteiger partial charge is 0.374 e. The summed E-state index contributed by atoms with van der Waals surface area (Å²) >= 11 is 0. The Morgan fingerprint density at radius 1 is 1.12 bits per heavy atom. The second kappa shape index (κ2) is 8.08. The molecule has 1 N–H and O–H groups in total. The van der Waals surface area contributed by atoms with Gasteiger partial charge in [-0.2, -0.15) is 0 Å². The maximum absolute atomic E-state index is 6.04. The van der Waals surface area contributed by atoms with Crippen LogP contribution < -0.4 is 5.32 Å². The summed E-state index contributed by atoms with van der Waals surface area (Å²) in [5.74, 6) is 0.794. The van der Waals surface area contributed by atoms with Crippen LogP contribution in [0.5, 0.6) is 0 Å². The van der Waals surface area contributed by atoms with E-state index < -0.39 is 0 Å². The predicted molar refractivity (Wildman–Crippen MR) is 69.7 cm³/mol. The van der Waals surface area contributed by atoms with Gasteiger partial charge in [0.2, 0.25) is 0 Å². The molecule has 2 heteroatoms. The normalized spacial score (nSPS) is 20.2. The maximum atomic E-state index is 6.04. The molecule has 1 saturated carbocycles. The predicted octanol–water partition coefficient (Wildman–Crippen LogP) is 3.36. The highest BCUT2D eigenvalue weighted by Gasteiger charge is 2.16. The van der Waals surface area contributed by atoms with Crippen molar-refractivity contribution in [3.05, 3.63) is 0 Å². The number of hydrogen-bond donors (Lipinski definition) is 1. The fourth-order valence-electron chi connectivity index (χ4n) is 2.27. The van der Waals surface area contributed by atoms with Crippen LogP contribution in [0.1, 0.15) is 59.3 Å². The minimum atomic E-state index is 0.371. The molecule has 1 aliphatic rings. The summed E-state index contributed by atoms with van der Waals surface area (Å²) in [6, 6.07) is 0. The van der Waals surface area contributed by atoms with Gasteiger partial charge < -0.3 is 10.1 Å². The molecule has 1 fully saturated rings. The van der Waals surface area contributed by atoms with E-state index in [-0.39, 0.29) is 0 Å². The Bertz CT molecular complexity index is 164. The van der Waals surface area contributed by atoms with Gasteiger partial charge in [0.1, 0.15) is 0 Å². The lowest BCUT2D eigenvalue weighted by atomic mass is 9.98. The van der Waals surface area contributed by atoms with Gasteiger partial charge in [0, 0.05) is 6.54 Å². The van der Waals surface area contributed by atoms with Gasteiger partial charge in [-0.15, -0.1) is 0 Å². The lowest BCUT2D eigenvalue weighted by Crippen LogP contribution is -2.32. The van der Waals surface area contributed by atoms with Crippen molar-refractivity contribution in [2.75, 3.05) is 13.1 Å². The van der Waals surface area contributed by atoms with E-state index in [0.717, 1.165) is 19.0 Å². The van der Waals surface area contributed by atoms with Gasteiger partial charge in [-0.05, 0) is 38.6 Å². The Morgan fingerprint density at radius 2 is 1.81 bits per heavy atom. The van der Waals surface area contributed by atoms with Crippen LogP contribution in [-0.2, 0) is 4.74 Å². The average Bonchev–Trinajstić information content (AvgIpc) is 2.25. The molecule has 0 amide bonds. The topological polar surface area (TPSA) is 21.3 Å². The molecule has 0 bridgehead atoms. The minimum Gasteiger partial charge on any atom is -0.374 e. The van der Waals surface area contributed by atoms with Crippen LogP contribution in [0.2, 0.25) is 0 Å². The average molecular weight is 227 g/mol. The molecule has 1 atom stereocenters. The Kier molecular flexibility index (Phi) is 7.06. The van der Waals surface area contributed by atoms with Gasteiger partial charge in [0.25, 0.3) is 0 Å². The van der Waals surface area contributed by atoms with Crippen molar-refractivity contribution >= 4 is 0 Å². The van der Waals surface area contributed by atoms with Gasteiger partial charge in [-0.1, -0.05) is 33.1 Å². The van der Waals surface area contributed by atoms with E-state index in [1.807, 2.05) is 0 Å². The Labute approximate surface area is 101 Å². The van der Waals surface area contributed by atoms with Crippen LogP contribution in [0, 0.1) is 5.92 Å². The van der Waals surface area contributed by atoms with Crippen LogP contribution in [0.4, 0.5) is 0 Å². The van der Waals surface area contributed by atoms with Gasteiger partial charge in [-0.3, -0.25) is 0 Å². The lowest BCUT2D eigenvalue weighted by molar-refractivity contribution is -0.0198. The molecule has 16 heavy (non-hydrogen) atoms. The van der Waals surface area contributed by atoms with E-state index in [1.54, 1.807) is 0 Å². The van der Waals surface area contributed by atoms with Crippen molar-refractivity contribution in [1.29, 1.82) is 0 Å². The van der Waals surface area contributed by atoms with Gasteiger partial charge in [0.15, 0.2) is 0 Å². The number of ether oxygens (including phenoxy) is 1. The van der Waals surface area contributed by atoms with Gasteiger partial charge >= 0.3 is 0 Å². The molecule has 96 valence electrons. The van der Waals surface area contributed by atoms with E-state index in [2.05, 4.69) is 26.1 Å². The van der Waals surface area contributed by atoms with Crippen molar-refractivity contribution in [2.24, 2.45) is 5.92 Å². The van der Waals surface area contributed by atoms with E-state index in [0.29, 0.717) is 12.2 Å². The molecule has 1 aliphatic carbocycles. The van der Waals surface area contributed by atoms with Crippen molar-refractivity contribution in [2.45, 2.75) is 71.5 Å². The van der Waals surface area contributed by atoms with Crippen molar-refractivity contribution in [3.63, 3.8) is 0 Å².